The van der Waals surface area contributed by atoms with Crippen LogP contribution in [0.4, 0.5) is 0 Å². The van der Waals surface area contributed by atoms with Gasteiger partial charge in [0, 0.05) is 26.2 Å². The van der Waals surface area contributed by atoms with Gasteiger partial charge in [-0.3, -0.25) is 4.79 Å². The van der Waals surface area contributed by atoms with Gasteiger partial charge >= 0.3 is 0 Å². The molecule has 0 radical (unpaired) electrons. The molecule has 0 saturated carbocycles. The van der Waals surface area contributed by atoms with Gasteiger partial charge in [-0.2, -0.15) is 4.31 Å². The third-order valence-electron chi connectivity index (χ3n) is 4.05. The normalized spacial score (nSPS) is 17.6. The highest BCUT2D eigenvalue weighted by Crippen LogP contribution is 2.25. The van der Waals surface area contributed by atoms with Gasteiger partial charge in [0.2, 0.25) is 10.0 Å². The summed E-state index contributed by atoms with van der Waals surface area (Å²) in [4.78, 5) is 13.5. The number of carbonyl (C=O) groups is 1. The van der Waals surface area contributed by atoms with Crippen molar-refractivity contribution in [1.82, 2.24) is 9.21 Å². The summed E-state index contributed by atoms with van der Waals surface area (Å²) in [6, 6.07) is 4.84. The highest BCUT2D eigenvalue weighted by Gasteiger charge is 2.31. The largest absolute Gasteiger partial charge is 0.491 e. The van der Waals surface area contributed by atoms with Crippen LogP contribution >= 0.6 is 0 Å². The Morgan fingerprint density at radius 3 is 2.24 bits per heavy atom. The van der Waals surface area contributed by atoms with E-state index in [4.69, 9.17) is 4.74 Å². The maximum Gasteiger partial charge on any atom is 0.251 e. The molecule has 140 valence electrons. The zero-order valence-electron chi connectivity index (χ0n) is 15.1. The van der Waals surface area contributed by atoms with Gasteiger partial charge in [0.05, 0.1) is 11.0 Å². The van der Waals surface area contributed by atoms with Crippen molar-refractivity contribution in [3.63, 3.8) is 0 Å². The quantitative estimate of drug-likeness (QED) is 0.835. The van der Waals surface area contributed by atoms with Crippen molar-refractivity contribution < 1.29 is 23.1 Å². The predicted molar refractivity (Wildman–Crippen MR) is 94.0 cm³/mol. The topological polar surface area (TPSA) is 87.2 Å². The van der Waals surface area contributed by atoms with Crippen molar-refractivity contribution in [3.05, 3.63) is 23.8 Å². The molecule has 1 atom stereocenters. The van der Waals surface area contributed by atoms with E-state index in [-0.39, 0.29) is 43.1 Å². The number of hydrogen-bond donors (Lipinski definition) is 1. The molecular weight excluding hydrogens is 344 g/mol. The minimum absolute atomic E-state index is 0.0145. The number of aliphatic hydroxyl groups excluding tert-OH is 1. The number of nitrogens with zero attached hydrogens (tertiary/aromatic N) is 2. The lowest BCUT2D eigenvalue weighted by Gasteiger charge is -2.34. The molecule has 1 aliphatic rings. The van der Waals surface area contributed by atoms with E-state index in [1.807, 2.05) is 20.8 Å². The van der Waals surface area contributed by atoms with Crippen molar-refractivity contribution in [1.29, 1.82) is 0 Å². The maximum absolute atomic E-state index is 12.8. The van der Waals surface area contributed by atoms with Crippen molar-refractivity contribution in [2.24, 2.45) is 0 Å². The Balaban J connectivity index is 2.12. The van der Waals surface area contributed by atoms with Crippen molar-refractivity contribution in [3.8, 4) is 5.75 Å². The molecule has 1 aromatic rings. The highest BCUT2D eigenvalue weighted by molar-refractivity contribution is 7.89. The first-order chi connectivity index (χ1) is 11.6. The summed E-state index contributed by atoms with van der Waals surface area (Å²) >= 11 is 0. The molecule has 1 aliphatic heterocycles. The standard InChI is InChI=1S/C17H26N2O5S/c1-12(2)24-16-6-5-15(11-13(16)3)25(22,23)19-9-7-18(8-10-19)17(21)14(4)20/h5-6,11-12,14,20H,7-10H2,1-4H3/t14-/m0/s1. The summed E-state index contributed by atoms with van der Waals surface area (Å²) in [5, 5.41) is 9.36. The minimum atomic E-state index is -3.62. The number of piperazine rings is 1. The van der Waals surface area contributed by atoms with Crippen LogP contribution in [0.15, 0.2) is 23.1 Å². The fraction of sp³-hybridized carbons (Fsp3) is 0.588. The second-order valence-electron chi connectivity index (χ2n) is 6.50. The first-order valence-corrected chi connectivity index (χ1v) is 9.81. The van der Waals surface area contributed by atoms with E-state index >= 15 is 0 Å². The van der Waals surface area contributed by atoms with Gasteiger partial charge < -0.3 is 14.7 Å². The minimum Gasteiger partial charge on any atom is -0.491 e. The van der Waals surface area contributed by atoms with Crippen LogP contribution in [-0.4, -0.2) is 67.0 Å². The number of carbonyl (C=O) groups excluding carboxylic acids is 1. The number of hydrogen-bond acceptors (Lipinski definition) is 5. The number of ether oxygens (including phenoxy) is 1. The lowest BCUT2D eigenvalue weighted by Crippen LogP contribution is -2.52. The van der Waals surface area contributed by atoms with Gasteiger partial charge in [0.25, 0.3) is 5.91 Å². The second-order valence-corrected chi connectivity index (χ2v) is 8.44. The molecule has 1 saturated heterocycles. The molecular formula is C17H26N2O5S. The Kier molecular flexibility index (Phi) is 6.08. The Labute approximate surface area is 149 Å². The number of amides is 1. The summed E-state index contributed by atoms with van der Waals surface area (Å²) in [6.45, 7) is 8.03. The summed E-state index contributed by atoms with van der Waals surface area (Å²) in [5.74, 6) is 0.296. The summed E-state index contributed by atoms with van der Waals surface area (Å²) in [6.07, 6.45) is -1.06. The molecule has 25 heavy (non-hydrogen) atoms. The smallest absolute Gasteiger partial charge is 0.251 e. The fourth-order valence-electron chi connectivity index (χ4n) is 2.73. The van der Waals surface area contributed by atoms with Crippen molar-refractivity contribution >= 4 is 15.9 Å². The van der Waals surface area contributed by atoms with E-state index in [9.17, 15) is 18.3 Å². The van der Waals surface area contributed by atoms with E-state index in [1.54, 1.807) is 18.2 Å². The van der Waals surface area contributed by atoms with Gasteiger partial charge in [-0.25, -0.2) is 8.42 Å². The SMILES string of the molecule is Cc1cc(S(=O)(=O)N2CCN(C(=O)[C@H](C)O)CC2)ccc1OC(C)C. The van der Waals surface area contributed by atoms with Gasteiger partial charge in [-0.1, -0.05) is 0 Å². The maximum atomic E-state index is 12.8. The summed E-state index contributed by atoms with van der Waals surface area (Å²) < 4.78 is 32.6. The Hall–Kier alpha value is -1.64. The molecule has 8 heteroatoms. The number of rotatable bonds is 5. The van der Waals surface area contributed by atoms with Gasteiger partial charge in [-0.05, 0) is 51.5 Å². The van der Waals surface area contributed by atoms with Gasteiger partial charge in [-0.15, -0.1) is 0 Å². The van der Waals surface area contributed by atoms with Crippen LogP contribution in [-0.2, 0) is 14.8 Å². The Bertz CT molecular complexity index is 723. The molecule has 0 bridgehead atoms. The highest BCUT2D eigenvalue weighted by atomic mass is 32.2. The molecule has 1 N–H and O–H groups in total. The van der Waals surface area contributed by atoms with Crippen LogP contribution in [0.5, 0.6) is 5.75 Å². The molecule has 0 aromatic heterocycles. The molecule has 1 aromatic carbocycles. The molecule has 0 aliphatic carbocycles. The molecule has 7 nitrogen and oxygen atoms in total. The molecule has 1 fully saturated rings. The van der Waals surface area contributed by atoms with Gasteiger partial charge in [0.15, 0.2) is 0 Å². The zero-order valence-corrected chi connectivity index (χ0v) is 15.9. The number of benzene rings is 1. The lowest BCUT2D eigenvalue weighted by molar-refractivity contribution is -0.140. The Morgan fingerprint density at radius 2 is 1.76 bits per heavy atom. The first-order valence-electron chi connectivity index (χ1n) is 8.37. The van der Waals surface area contributed by atoms with Crippen LogP contribution in [0, 0.1) is 6.92 Å². The number of aliphatic hydroxyl groups is 1. The van der Waals surface area contributed by atoms with Crippen LogP contribution < -0.4 is 4.74 Å². The summed E-state index contributed by atoms with van der Waals surface area (Å²) in [5.41, 5.74) is 0.762. The predicted octanol–water partition coefficient (Wildman–Crippen LogP) is 0.996. The zero-order chi connectivity index (χ0) is 18.8. The summed E-state index contributed by atoms with van der Waals surface area (Å²) in [7, 11) is -3.62. The third kappa shape index (κ3) is 4.50. The number of sulfonamides is 1. The van der Waals surface area contributed by atoms with E-state index < -0.39 is 16.1 Å². The van der Waals surface area contributed by atoms with Gasteiger partial charge in [0.1, 0.15) is 11.9 Å². The molecule has 0 unspecified atom stereocenters. The van der Waals surface area contributed by atoms with E-state index in [1.165, 1.54) is 16.1 Å². The van der Waals surface area contributed by atoms with E-state index in [2.05, 4.69) is 0 Å². The molecule has 0 spiro atoms. The first kappa shape index (κ1) is 19.7. The third-order valence-corrected chi connectivity index (χ3v) is 5.95. The fourth-order valence-corrected chi connectivity index (χ4v) is 4.24. The van der Waals surface area contributed by atoms with Crippen LogP contribution in [0.1, 0.15) is 26.3 Å². The van der Waals surface area contributed by atoms with Crippen LogP contribution in [0.25, 0.3) is 0 Å². The van der Waals surface area contributed by atoms with Crippen molar-refractivity contribution in [2.75, 3.05) is 26.2 Å². The monoisotopic (exact) mass is 370 g/mol. The second kappa shape index (κ2) is 7.72. The average Bonchev–Trinajstić information content (AvgIpc) is 2.55. The number of aryl methyl sites for hydroxylation is 1. The van der Waals surface area contributed by atoms with Crippen molar-refractivity contribution in [2.45, 2.75) is 44.8 Å². The van der Waals surface area contributed by atoms with E-state index in [0.717, 1.165) is 5.56 Å². The molecule has 2 rings (SSSR count). The van der Waals surface area contributed by atoms with E-state index in [0.29, 0.717) is 5.75 Å². The van der Waals surface area contributed by atoms with Crippen LogP contribution in [0.3, 0.4) is 0 Å². The Morgan fingerprint density at radius 1 is 1.16 bits per heavy atom. The lowest BCUT2D eigenvalue weighted by atomic mass is 10.2. The molecule has 1 heterocycles. The average molecular weight is 370 g/mol. The van der Waals surface area contributed by atoms with Crippen LogP contribution in [0.2, 0.25) is 0 Å². The molecule has 1 amide bonds.